The highest BCUT2D eigenvalue weighted by molar-refractivity contribution is 6.30. The first kappa shape index (κ1) is 18.5. The Hall–Kier alpha value is -3.31. The number of nitrogens with one attached hydrogen (secondary N) is 1. The van der Waals surface area contributed by atoms with Gasteiger partial charge in [-0.3, -0.25) is 4.79 Å². The van der Waals surface area contributed by atoms with Gasteiger partial charge in [-0.2, -0.15) is 0 Å². The maximum Gasteiger partial charge on any atom is 0.339 e. The molecule has 1 heterocycles. The summed E-state index contributed by atoms with van der Waals surface area (Å²) >= 11 is 5.88. The predicted octanol–water partition coefficient (Wildman–Crippen LogP) is 5.04. The monoisotopic (exact) mass is 381 g/mol. The van der Waals surface area contributed by atoms with Crippen molar-refractivity contribution in [2.24, 2.45) is 0 Å². The molecule has 0 atom stereocenters. The maximum absolute atomic E-state index is 12.2. The Morgan fingerprint density at radius 2 is 1.78 bits per heavy atom. The number of ether oxygens (including phenoxy) is 1. The lowest BCUT2D eigenvalue weighted by molar-refractivity contribution is -0.111. The molecule has 5 nitrogen and oxygen atoms in total. The van der Waals surface area contributed by atoms with Crippen molar-refractivity contribution in [3.05, 3.63) is 83.1 Å². The number of esters is 1. The van der Waals surface area contributed by atoms with Crippen molar-refractivity contribution in [3.63, 3.8) is 0 Å². The number of halogens is 1. The summed E-state index contributed by atoms with van der Waals surface area (Å²) in [6.07, 6.45) is 2.88. The molecule has 1 amide bonds. The zero-order chi connectivity index (χ0) is 19.2. The van der Waals surface area contributed by atoms with E-state index in [2.05, 4.69) is 5.32 Å². The van der Waals surface area contributed by atoms with Crippen LogP contribution in [0.25, 0.3) is 17.4 Å². The Kier molecular flexibility index (Phi) is 5.74. The van der Waals surface area contributed by atoms with Gasteiger partial charge >= 0.3 is 5.97 Å². The van der Waals surface area contributed by atoms with E-state index in [-0.39, 0.29) is 5.56 Å². The minimum Gasteiger partial charge on any atom is -0.465 e. The minimum absolute atomic E-state index is 0.282. The molecule has 6 heteroatoms. The van der Waals surface area contributed by atoms with Gasteiger partial charge in [0.1, 0.15) is 11.5 Å². The highest BCUT2D eigenvalue weighted by Crippen LogP contribution is 2.24. The van der Waals surface area contributed by atoms with Gasteiger partial charge in [-0.05, 0) is 54.6 Å². The number of para-hydroxylation sites is 1. The summed E-state index contributed by atoms with van der Waals surface area (Å²) < 4.78 is 10.4. The third kappa shape index (κ3) is 4.65. The summed E-state index contributed by atoms with van der Waals surface area (Å²) in [6, 6.07) is 17.5. The van der Waals surface area contributed by atoms with Crippen LogP contribution in [0, 0.1) is 0 Å². The number of furan rings is 1. The SMILES string of the molecule is COC(=O)c1ccccc1NC(=O)C=Cc1ccc(-c2ccc(Cl)cc2)o1. The van der Waals surface area contributed by atoms with Gasteiger partial charge in [-0.25, -0.2) is 4.79 Å². The fraction of sp³-hybridized carbons (Fsp3) is 0.0476. The quantitative estimate of drug-likeness (QED) is 0.496. The Labute approximate surface area is 161 Å². The molecule has 0 aliphatic carbocycles. The lowest BCUT2D eigenvalue weighted by Gasteiger charge is -2.07. The number of carbonyl (C=O) groups is 2. The Morgan fingerprint density at radius 3 is 2.52 bits per heavy atom. The van der Waals surface area contributed by atoms with Gasteiger partial charge in [-0.1, -0.05) is 23.7 Å². The van der Waals surface area contributed by atoms with Gasteiger partial charge < -0.3 is 14.5 Å². The largest absolute Gasteiger partial charge is 0.465 e. The van der Waals surface area contributed by atoms with Crippen LogP contribution in [-0.4, -0.2) is 19.0 Å². The number of carbonyl (C=O) groups excluding carboxylic acids is 2. The molecular weight excluding hydrogens is 366 g/mol. The number of methoxy groups -OCH3 is 1. The average molecular weight is 382 g/mol. The molecule has 0 bridgehead atoms. The first-order valence-electron chi connectivity index (χ1n) is 8.09. The van der Waals surface area contributed by atoms with Crippen LogP contribution in [0.15, 0.2) is 71.2 Å². The molecule has 0 saturated heterocycles. The number of hydrogen-bond donors (Lipinski definition) is 1. The lowest BCUT2D eigenvalue weighted by Crippen LogP contribution is -2.12. The van der Waals surface area contributed by atoms with E-state index in [4.69, 9.17) is 20.8 Å². The highest BCUT2D eigenvalue weighted by Gasteiger charge is 2.12. The number of benzene rings is 2. The van der Waals surface area contributed by atoms with E-state index in [0.29, 0.717) is 22.2 Å². The first-order valence-corrected chi connectivity index (χ1v) is 8.47. The molecule has 0 aliphatic heterocycles. The number of hydrogen-bond acceptors (Lipinski definition) is 4. The molecule has 0 unspecified atom stereocenters. The van der Waals surface area contributed by atoms with Crippen LogP contribution in [0.2, 0.25) is 5.02 Å². The van der Waals surface area contributed by atoms with Crippen molar-refractivity contribution < 1.29 is 18.7 Å². The summed E-state index contributed by atoms with van der Waals surface area (Å²) in [4.78, 5) is 23.9. The Balaban J connectivity index is 1.69. The van der Waals surface area contributed by atoms with Gasteiger partial charge in [-0.15, -0.1) is 0 Å². The van der Waals surface area contributed by atoms with Crippen molar-refractivity contribution in [2.45, 2.75) is 0 Å². The van der Waals surface area contributed by atoms with Crippen LogP contribution in [0.4, 0.5) is 5.69 Å². The van der Waals surface area contributed by atoms with E-state index < -0.39 is 11.9 Å². The number of rotatable bonds is 5. The topological polar surface area (TPSA) is 68.5 Å². The molecule has 1 N–H and O–H groups in total. The summed E-state index contributed by atoms with van der Waals surface area (Å²) in [7, 11) is 1.29. The zero-order valence-corrected chi connectivity index (χ0v) is 15.2. The third-order valence-corrected chi connectivity index (χ3v) is 4.00. The van der Waals surface area contributed by atoms with Crippen molar-refractivity contribution in [1.82, 2.24) is 0 Å². The molecular formula is C21H16ClNO4. The molecule has 3 aromatic rings. The minimum atomic E-state index is -0.520. The molecule has 27 heavy (non-hydrogen) atoms. The van der Waals surface area contributed by atoms with Gasteiger partial charge in [0.25, 0.3) is 0 Å². The molecule has 0 aliphatic rings. The fourth-order valence-corrected chi connectivity index (χ4v) is 2.55. The van der Waals surface area contributed by atoms with E-state index in [9.17, 15) is 9.59 Å². The third-order valence-electron chi connectivity index (χ3n) is 3.74. The molecule has 136 valence electrons. The van der Waals surface area contributed by atoms with E-state index in [1.165, 1.54) is 13.2 Å². The van der Waals surface area contributed by atoms with Crippen molar-refractivity contribution in [2.75, 3.05) is 12.4 Å². The second-order valence-corrected chi connectivity index (χ2v) is 6.01. The average Bonchev–Trinajstić information content (AvgIpc) is 3.16. The molecule has 3 rings (SSSR count). The highest BCUT2D eigenvalue weighted by atomic mass is 35.5. The van der Waals surface area contributed by atoms with E-state index in [1.54, 1.807) is 48.5 Å². The summed E-state index contributed by atoms with van der Waals surface area (Å²) in [5.41, 5.74) is 1.54. The molecule has 0 saturated carbocycles. The molecule has 0 radical (unpaired) electrons. The van der Waals surface area contributed by atoms with E-state index >= 15 is 0 Å². The summed E-state index contributed by atoms with van der Waals surface area (Å²) in [6.45, 7) is 0. The Morgan fingerprint density at radius 1 is 1.04 bits per heavy atom. The Bertz CT molecular complexity index is 989. The number of amides is 1. The van der Waals surface area contributed by atoms with Gasteiger partial charge in [0.05, 0.1) is 18.4 Å². The molecule has 0 spiro atoms. The number of anilines is 1. The predicted molar refractivity (Wildman–Crippen MR) is 105 cm³/mol. The second kappa shape index (κ2) is 8.38. The zero-order valence-electron chi connectivity index (χ0n) is 14.4. The van der Waals surface area contributed by atoms with Gasteiger partial charge in [0.2, 0.25) is 5.91 Å². The summed E-state index contributed by atoms with van der Waals surface area (Å²) in [5.74, 6) is 0.281. The standard InChI is InChI=1S/C21H16ClNO4/c1-26-21(25)17-4-2-3-5-18(17)23-20(24)13-11-16-10-12-19(27-16)14-6-8-15(22)9-7-14/h2-13H,1H3,(H,23,24). The van der Waals surface area contributed by atoms with Crippen molar-refractivity contribution in [1.29, 1.82) is 0 Å². The summed E-state index contributed by atoms with van der Waals surface area (Å²) in [5, 5.41) is 3.31. The fourth-order valence-electron chi connectivity index (χ4n) is 2.42. The van der Waals surface area contributed by atoms with E-state index in [0.717, 1.165) is 5.56 Å². The smallest absolute Gasteiger partial charge is 0.339 e. The van der Waals surface area contributed by atoms with E-state index in [1.807, 2.05) is 18.2 Å². The van der Waals surface area contributed by atoms with Crippen molar-refractivity contribution in [3.8, 4) is 11.3 Å². The molecule has 2 aromatic carbocycles. The molecule has 1 aromatic heterocycles. The normalized spacial score (nSPS) is 10.7. The second-order valence-electron chi connectivity index (χ2n) is 5.57. The lowest BCUT2D eigenvalue weighted by atomic mass is 10.2. The van der Waals surface area contributed by atoms with Crippen LogP contribution >= 0.6 is 11.6 Å². The molecule has 0 fully saturated rings. The first-order chi connectivity index (χ1) is 13.1. The maximum atomic E-state index is 12.2. The van der Waals surface area contributed by atoms with Gasteiger partial charge in [0.15, 0.2) is 0 Å². The van der Waals surface area contributed by atoms with Crippen LogP contribution in [0.5, 0.6) is 0 Å². The van der Waals surface area contributed by atoms with Crippen LogP contribution in [0.3, 0.4) is 0 Å². The van der Waals surface area contributed by atoms with Crippen LogP contribution < -0.4 is 5.32 Å². The van der Waals surface area contributed by atoms with Crippen LogP contribution in [0.1, 0.15) is 16.1 Å². The van der Waals surface area contributed by atoms with Crippen LogP contribution in [-0.2, 0) is 9.53 Å². The van der Waals surface area contributed by atoms with Crippen molar-refractivity contribution >= 4 is 35.2 Å². The van der Waals surface area contributed by atoms with Gasteiger partial charge in [0, 0.05) is 16.7 Å².